The first-order valence-corrected chi connectivity index (χ1v) is 10.4. The zero-order valence-corrected chi connectivity index (χ0v) is 18.8. The topological polar surface area (TPSA) is 95.5 Å². The molecule has 0 spiro atoms. The monoisotopic (exact) mass is 468 g/mol. The number of esters is 2. The van der Waals surface area contributed by atoms with E-state index in [4.69, 9.17) is 9.47 Å². The Hall–Kier alpha value is -4.01. The molecule has 7 nitrogen and oxygen atoms in total. The second-order valence-corrected chi connectivity index (χ2v) is 7.35. The Balaban J connectivity index is 2.11. The van der Waals surface area contributed by atoms with Gasteiger partial charge >= 0.3 is 11.9 Å². The SMILES string of the molecule is CCOC(=O)c1c(C=O)nc(-c2c(F)cccc2F)nc1Cc1ccc(C(C)C(=O)OC)cc1. The van der Waals surface area contributed by atoms with Crippen LogP contribution in [-0.2, 0) is 20.7 Å². The molecule has 0 amide bonds. The van der Waals surface area contributed by atoms with Gasteiger partial charge in [0, 0.05) is 6.42 Å². The predicted molar refractivity (Wildman–Crippen MR) is 118 cm³/mol. The summed E-state index contributed by atoms with van der Waals surface area (Å²) in [6.07, 6.45) is 0.355. The minimum absolute atomic E-state index is 0.0352. The van der Waals surface area contributed by atoms with E-state index in [0.29, 0.717) is 17.4 Å². The first-order valence-electron chi connectivity index (χ1n) is 10.4. The Bertz CT molecular complexity index is 1210. The molecule has 0 aliphatic heterocycles. The van der Waals surface area contributed by atoms with E-state index in [9.17, 15) is 23.2 Å². The standard InChI is InChI=1S/C25H22F2N2O5/c1-4-34-25(32)22-19(12-15-8-10-16(11-9-15)14(2)24(31)33-3)28-23(29-20(22)13-30)21-17(26)6-5-7-18(21)27/h5-11,13-14H,4,12H2,1-3H3. The van der Waals surface area contributed by atoms with E-state index < -0.39 is 29.1 Å². The van der Waals surface area contributed by atoms with Crippen LogP contribution in [0.15, 0.2) is 42.5 Å². The third-order valence-corrected chi connectivity index (χ3v) is 5.20. The van der Waals surface area contributed by atoms with E-state index >= 15 is 0 Å². The number of methoxy groups -OCH3 is 1. The summed E-state index contributed by atoms with van der Waals surface area (Å²) in [6, 6.07) is 10.2. The molecule has 2 aromatic carbocycles. The van der Waals surface area contributed by atoms with Crippen molar-refractivity contribution in [1.29, 1.82) is 0 Å². The lowest BCUT2D eigenvalue weighted by Gasteiger charge is -2.14. The van der Waals surface area contributed by atoms with Crippen molar-refractivity contribution in [1.82, 2.24) is 9.97 Å². The number of nitrogens with zero attached hydrogens (tertiary/aromatic N) is 2. The van der Waals surface area contributed by atoms with Crippen LogP contribution in [0.4, 0.5) is 8.78 Å². The fraction of sp³-hybridized carbons (Fsp3) is 0.240. The fourth-order valence-electron chi connectivity index (χ4n) is 3.42. The molecule has 1 aromatic heterocycles. The molecule has 0 fully saturated rings. The summed E-state index contributed by atoms with van der Waals surface area (Å²) in [5.74, 6) is -3.88. The van der Waals surface area contributed by atoms with Gasteiger partial charge in [0.1, 0.15) is 22.9 Å². The number of ether oxygens (including phenoxy) is 2. The van der Waals surface area contributed by atoms with Crippen molar-refractivity contribution in [3.63, 3.8) is 0 Å². The Morgan fingerprint density at radius 3 is 2.26 bits per heavy atom. The molecule has 34 heavy (non-hydrogen) atoms. The second kappa shape index (κ2) is 10.7. The molecular formula is C25H22F2N2O5. The molecule has 0 aliphatic rings. The second-order valence-electron chi connectivity index (χ2n) is 7.35. The van der Waals surface area contributed by atoms with E-state index in [0.717, 1.165) is 12.1 Å². The van der Waals surface area contributed by atoms with Crippen LogP contribution in [-0.4, -0.2) is 41.9 Å². The summed E-state index contributed by atoms with van der Waals surface area (Å²) in [5.41, 5.74) is 0.432. The first-order chi connectivity index (χ1) is 16.3. The number of carbonyl (C=O) groups is 3. The van der Waals surface area contributed by atoms with Gasteiger partial charge in [-0.2, -0.15) is 0 Å². The number of aromatic nitrogens is 2. The lowest BCUT2D eigenvalue weighted by molar-refractivity contribution is -0.142. The van der Waals surface area contributed by atoms with Crippen LogP contribution in [0.5, 0.6) is 0 Å². The third-order valence-electron chi connectivity index (χ3n) is 5.20. The van der Waals surface area contributed by atoms with E-state index in [2.05, 4.69) is 9.97 Å². The number of aldehydes is 1. The molecule has 0 N–H and O–H groups in total. The molecule has 1 heterocycles. The van der Waals surface area contributed by atoms with Crippen LogP contribution in [0.2, 0.25) is 0 Å². The summed E-state index contributed by atoms with van der Waals surface area (Å²) in [4.78, 5) is 44.4. The molecule has 0 radical (unpaired) electrons. The van der Waals surface area contributed by atoms with Crippen molar-refractivity contribution in [2.75, 3.05) is 13.7 Å². The van der Waals surface area contributed by atoms with E-state index in [-0.39, 0.29) is 41.8 Å². The van der Waals surface area contributed by atoms with Gasteiger partial charge in [-0.05, 0) is 37.1 Å². The van der Waals surface area contributed by atoms with Crippen LogP contribution in [0.1, 0.15) is 57.4 Å². The maximum atomic E-state index is 14.4. The van der Waals surface area contributed by atoms with E-state index in [1.54, 1.807) is 38.1 Å². The summed E-state index contributed by atoms with van der Waals surface area (Å²) >= 11 is 0. The predicted octanol–water partition coefficient (Wildman–Crippen LogP) is 4.28. The van der Waals surface area contributed by atoms with Gasteiger partial charge in [-0.25, -0.2) is 23.5 Å². The highest BCUT2D eigenvalue weighted by Crippen LogP contribution is 2.27. The summed E-state index contributed by atoms with van der Waals surface area (Å²) in [5, 5.41) is 0. The zero-order chi connectivity index (χ0) is 24.8. The third kappa shape index (κ3) is 5.14. The van der Waals surface area contributed by atoms with Crippen molar-refractivity contribution >= 4 is 18.2 Å². The highest BCUT2D eigenvalue weighted by atomic mass is 19.1. The van der Waals surface area contributed by atoms with Gasteiger partial charge in [-0.3, -0.25) is 9.59 Å². The van der Waals surface area contributed by atoms with E-state index in [1.807, 2.05) is 0 Å². The van der Waals surface area contributed by atoms with Gasteiger partial charge in [0.2, 0.25) is 0 Å². The Labute approximate surface area is 194 Å². The summed E-state index contributed by atoms with van der Waals surface area (Å²) < 4.78 is 38.6. The van der Waals surface area contributed by atoms with Gasteiger partial charge in [-0.1, -0.05) is 30.3 Å². The number of carbonyl (C=O) groups excluding carboxylic acids is 3. The van der Waals surface area contributed by atoms with Crippen molar-refractivity contribution < 1.29 is 32.6 Å². The lowest BCUT2D eigenvalue weighted by Crippen LogP contribution is -2.16. The van der Waals surface area contributed by atoms with Crippen molar-refractivity contribution in [2.24, 2.45) is 0 Å². The lowest BCUT2D eigenvalue weighted by atomic mass is 9.97. The number of hydrogen-bond donors (Lipinski definition) is 0. The maximum absolute atomic E-state index is 14.4. The van der Waals surface area contributed by atoms with Gasteiger partial charge in [-0.15, -0.1) is 0 Å². The van der Waals surface area contributed by atoms with Crippen LogP contribution in [0.3, 0.4) is 0 Å². The smallest absolute Gasteiger partial charge is 0.342 e. The average Bonchev–Trinajstić information content (AvgIpc) is 2.83. The highest BCUT2D eigenvalue weighted by molar-refractivity contribution is 5.98. The molecular weight excluding hydrogens is 446 g/mol. The Kier molecular flexibility index (Phi) is 7.78. The maximum Gasteiger partial charge on any atom is 0.342 e. The van der Waals surface area contributed by atoms with Gasteiger partial charge in [0.05, 0.1) is 30.9 Å². The normalized spacial score (nSPS) is 11.6. The number of halogens is 2. The quantitative estimate of drug-likeness (QED) is 0.360. The molecule has 3 rings (SSSR count). The van der Waals surface area contributed by atoms with Gasteiger partial charge < -0.3 is 9.47 Å². The highest BCUT2D eigenvalue weighted by Gasteiger charge is 2.25. The molecule has 176 valence electrons. The largest absolute Gasteiger partial charge is 0.469 e. The number of rotatable bonds is 8. The minimum atomic E-state index is -0.909. The Morgan fingerprint density at radius 2 is 1.71 bits per heavy atom. The van der Waals surface area contributed by atoms with E-state index in [1.165, 1.54) is 13.2 Å². The molecule has 0 bridgehead atoms. The van der Waals surface area contributed by atoms with Gasteiger partial charge in [0.25, 0.3) is 0 Å². The summed E-state index contributed by atoms with van der Waals surface area (Å²) in [6.45, 7) is 3.35. The minimum Gasteiger partial charge on any atom is -0.469 e. The molecule has 9 heteroatoms. The van der Waals surface area contributed by atoms with Gasteiger partial charge in [0.15, 0.2) is 12.1 Å². The van der Waals surface area contributed by atoms with Crippen LogP contribution in [0, 0.1) is 11.6 Å². The number of benzene rings is 2. The Morgan fingerprint density at radius 1 is 1.06 bits per heavy atom. The zero-order valence-electron chi connectivity index (χ0n) is 18.8. The van der Waals surface area contributed by atoms with Crippen LogP contribution in [0.25, 0.3) is 11.4 Å². The van der Waals surface area contributed by atoms with Crippen molar-refractivity contribution in [3.8, 4) is 11.4 Å². The fourth-order valence-corrected chi connectivity index (χ4v) is 3.42. The average molecular weight is 468 g/mol. The first kappa shape index (κ1) is 24.6. The molecule has 3 aromatic rings. The molecule has 1 atom stereocenters. The number of hydrogen-bond acceptors (Lipinski definition) is 7. The van der Waals surface area contributed by atoms with Crippen molar-refractivity contribution in [3.05, 3.63) is 82.2 Å². The molecule has 0 saturated carbocycles. The molecule has 0 aliphatic carbocycles. The van der Waals surface area contributed by atoms with Crippen LogP contribution >= 0.6 is 0 Å². The molecule has 0 saturated heterocycles. The molecule has 1 unspecified atom stereocenters. The summed E-state index contributed by atoms with van der Waals surface area (Å²) in [7, 11) is 1.31. The van der Waals surface area contributed by atoms with Crippen molar-refractivity contribution in [2.45, 2.75) is 26.2 Å². The van der Waals surface area contributed by atoms with Crippen LogP contribution < -0.4 is 0 Å².